The lowest BCUT2D eigenvalue weighted by Crippen LogP contribution is -2.46. The standard InChI is InChI=1S/C21H29ClN4O3/c1-13(2)11-16(12-24-26-20(28)14-7-9-15(22)10-8-14)25-21(29)18-6-4-3-5-17(18)19(23)27/h7-10,12-13,16-18H,3-6,11H2,1-2H3,(H2,23,27)(H,25,29)(H,26,28)/t16?,17-,18+/m0/s1. The van der Waals surface area contributed by atoms with E-state index in [-0.39, 0.29) is 17.9 Å². The zero-order chi connectivity index (χ0) is 21.4. The lowest BCUT2D eigenvalue weighted by Gasteiger charge is -2.29. The summed E-state index contributed by atoms with van der Waals surface area (Å²) >= 11 is 5.82. The van der Waals surface area contributed by atoms with Crippen molar-refractivity contribution in [3.63, 3.8) is 0 Å². The summed E-state index contributed by atoms with van der Waals surface area (Å²) in [4.78, 5) is 36.6. The van der Waals surface area contributed by atoms with Crippen molar-refractivity contribution in [2.24, 2.45) is 28.6 Å². The fourth-order valence-electron chi connectivity index (χ4n) is 3.59. The van der Waals surface area contributed by atoms with E-state index in [4.69, 9.17) is 17.3 Å². The average molecular weight is 421 g/mol. The third kappa shape index (κ3) is 7.16. The maximum Gasteiger partial charge on any atom is 0.271 e. The van der Waals surface area contributed by atoms with Gasteiger partial charge in [0.05, 0.1) is 6.04 Å². The van der Waals surface area contributed by atoms with Crippen molar-refractivity contribution in [3.8, 4) is 0 Å². The van der Waals surface area contributed by atoms with Gasteiger partial charge in [0.2, 0.25) is 11.8 Å². The first-order chi connectivity index (χ1) is 13.8. The van der Waals surface area contributed by atoms with E-state index in [9.17, 15) is 14.4 Å². The van der Waals surface area contributed by atoms with Gasteiger partial charge in [-0.1, -0.05) is 38.3 Å². The third-order valence-electron chi connectivity index (χ3n) is 5.05. The summed E-state index contributed by atoms with van der Waals surface area (Å²) in [5.74, 6) is -1.51. The molecule has 0 heterocycles. The Hall–Kier alpha value is -2.41. The van der Waals surface area contributed by atoms with Gasteiger partial charge in [0.15, 0.2) is 0 Å². The number of benzene rings is 1. The Morgan fingerprint density at radius 2 is 1.79 bits per heavy atom. The molecule has 0 bridgehead atoms. The van der Waals surface area contributed by atoms with E-state index in [2.05, 4.69) is 15.8 Å². The second kappa shape index (κ2) is 11.0. The van der Waals surface area contributed by atoms with Gasteiger partial charge in [-0.05, 0) is 49.4 Å². The monoisotopic (exact) mass is 420 g/mol. The second-order valence-electron chi connectivity index (χ2n) is 7.87. The van der Waals surface area contributed by atoms with Crippen molar-refractivity contribution in [1.29, 1.82) is 0 Å². The molecule has 1 aromatic rings. The molecule has 1 saturated carbocycles. The number of rotatable bonds is 8. The number of nitrogens with one attached hydrogen (secondary N) is 2. The summed E-state index contributed by atoms with van der Waals surface area (Å²) in [6, 6.07) is 6.10. The molecule has 0 spiro atoms. The highest BCUT2D eigenvalue weighted by Gasteiger charge is 2.35. The van der Waals surface area contributed by atoms with Gasteiger partial charge in [-0.15, -0.1) is 0 Å². The Kier molecular flexibility index (Phi) is 8.64. The van der Waals surface area contributed by atoms with Crippen molar-refractivity contribution in [2.75, 3.05) is 0 Å². The normalized spacial score (nSPS) is 20.4. The summed E-state index contributed by atoms with van der Waals surface area (Å²) in [6.07, 6.45) is 5.28. The number of amides is 3. The van der Waals surface area contributed by atoms with Crippen LogP contribution in [0.2, 0.25) is 5.02 Å². The molecule has 29 heavy (non-hydrogen) atoms. The first-order valence-corrected chi connectivity index (χ1v) is 10.3. The number of hydrogen-bond acceptors (Lipinski definition) is 4. The minimum absolute atomic E-state index is 0.186. The number of carbonyl (C=O) groups excluding carboxylic acids is 3. The van der Waals surface area contributed by atoms with Crippen LogP contribution in [0.5, 0.6) is 0 Å². The minimum Gasteiger partial charge on any atom is -0.369 e. The number of carbonyl (C=O) groups is 3. The maximum absolute atomic E-state index is 12.8. The molecule has 0 aromatic heterocycles. The van der Waals surface area contributed by atoms with Crippen LogP contribution in [0, 0.1) is 17.8 Å². The Morgan fingerprint density at radius 3 is 2.38 bits per heavy atom. The summed E-state index contributed by atoms with van der Waals surface area (Å²) < 4.78 is 0. The lowest BCUT2D eigenvalue weighted by atomic mass is 9.78. The molecule has 7 nitrogen and oxygen atoms in total. The predicted octanol–water partition coefficient (Wildman–Crippen LogP) is 2.88. The molecule has 3 amide bonds. The fraction of sp³-hybridized carbons (Fsp3) is 0.524. The van der Waals surface area contributed by atoms with E-state index in [0.717, 1.165) is 12.8 Å². The molecule has 1 aromatic carbocycles. The highest BCUT2D eigenvalue weighted by Crippen LogP contribution is 2.30. The summed E-state index contributed by atoms with van der Waals surface area (Å²) in [5.41, 5.74) is 8.38. The Bertz CT molecular complexity index is 749. The van der Waals surface area contributed by atoms with Crippen LogP contribution in [-0.4, -0.2) is 30.0 Å². The first-order valence-electron chi connectivity index (χ1n) is 9.96. The van der Waals surface area contributed by atoms with Crippen LogP contribution in [0.15, 0.2) is 29.4 Å². The topological polar surface area (TPSA) is 114 Å². The summed E-state index contributed by atoms with van der Waals surface area (Å²) in [7, 11) is 0. The van der Waals surface area contributed by atoms with Crippen LogP contribution >= 0.6 is 11.6 Å². The van der Waals surface area contributed by atoms with E-state index in [1.807, 2.05) is 13.8 Å². The van der Waals surface area contributed by atoms with Crippen molar-refractivity contribution in [3.05, 3.63) is 34.9 Å². The first kappa shape index (κ1) is 22.9. The molecular weight excluding hydrogens is 392 g/mol. The van der Waals surface area contributed by atoms with Gasteiger partial charge in [0, 0.05) is 28.6 Å². The van der Waals surface area contributed by atoms with E-state index in [1.54, 1.807) is 24.3 Å². The van der Waals surface area contributed by atoms with Gasteiger partial charge in [0.1, 0.15) is 0 Å². The van der Waals surface area contributed by atoms with Crippen molar-refractivity contribution >= 4 is 35.5 Å². The predicted molar refractivity (Wildman–Crippen MR) is 113 cm³/mol. The number of hydrazone groups is 1. The van der Waals surface area contributed by atoms with Crippen molar-refractivity contribution in [1.82, 2.24) is 10.7 Å². The van der Waals surface area contributed by atoms with Crippen LogP contribution < -0.4 is 16.5 Å². The zero-order valence-corrected chi connectivity index (χ0v) is 17.6. The number of halogens is 1. The minimum atomic E-state index is -0.426. The largest absolute Gasteiger partial charge is 0.369 e. The van der Waals surface area contributed by atoms with Crippen LogP contribution in [-0.2, 0) is 9.59 Å². The Morgan fingerprint density at radius 1 is 1.17 bits per heavy atom. The smallest absolute Gasteiger partial charge is 0.271 e. The van der Waals surface area contributed by atoms with Crippen LogP contribution in [0.3, 0.4) is 0 Å². The third-order valence-corrected chi connectivity index (χ3v) is 5.30. The van der Waals surface area contributed by atoms with Gasteiger partial charge < -0.3 is 11.1 Å². The molecule has 8 heteroatoms. The van der Waals surface area contributed by atoms with E-state index in [1.165, 1.54) is 6.21 Å². The molecule has 4 N–H and O–H groups in total. The molecule has 1 aliphatic rings. The number of hydrogen-bond donors (Lipinski definition) is 3. The zero-order valence-electron chi connectivity index (χ0n) is 16.9. The molecule has 0 aliphatic heterocycles. The lowest BCUT2D eigenvalue weighted by molar-refractivity contribution is -0.135. The number of nitrogens with two attached hydrogens (primary N) is 1. The highest BCUT2D eigenvalue weighted by atomic mass is 35.5. The van der Waals surface area contributed by atoms with Crippen LogP contribution in [0.4, 0.5) is 0 Å². The Labute approximate surface area is 176 Å². The van der Waals surface area contributed by atoms with E-state index >= 15 is 0 Å². The van der Waals surface area contributed by atoms with Crippen LogP contribution in [0.25, 0.3) is 0 Å². The molecule has 158 valence electrons. The van der Waals surface area contributed by atoms with E-state index in [0.29, 0.717) is 35.8 Å². The molecule has 2 rings (SSSR count). The van der Waals surface area contributed by atoms with E-state index < -0.39 is 17.7 Å². The SMILES string of the molecule is CC(C)CC(C=NNC(=O)c1ccc(Cl)cc1)NC(=O)[C@@H]1CCCC[C@@H]1C(N)=O. The maximum atomic E-state index is 12.8. The molecule has 1 aliphatic carbocycles. The molecule has 1 fully saturated rings. The fourth-order valence-corrected chi connectivity index (χ4v) is 3.72. The van der Waals surface area contributed by atoms with Gasteiger partial charge >= 0.3 is 0 Å². The summed E-state index contributed by atoms with van der Waals surface area (Å²) in [5, 5.41) is 7.51. The summed E-state index contributed by atoms with van der Waals surface area (Å²) in [6.45, 7) is 4.07. The molecule has 3 atom stereocenters. The van der Waals surface area contributed by atoms with Gasteiger partial charge in [0.25, 0.3) is 5.91 Å². The van der Waals surface area contributed by atoms with Gasteiger partial charge in [-0.3, -0.25) is 14.4 Å². The highest BCUT2D eigenvalue weighted by molar-refractivity contribution is 6.30. The molecule has 1 unspecified atom stereocenters. The average Bonchev–Trinajstić information content (AvgIpc) is 2.67. The number of nitrogens with zero attached hydrogens (tertiary/aromatic N) is 1. The molecule has 0 saturated heterocycles. The van der Waals surface area contributed by atoms with Crippen LogP contribution in [0.1, 0.15) is 56.3 Å². The second-order valence-corrected chi connectivity index (χ2v) is 8.31. The van der Waals surface area contributed by atoms with Crippen molar-refractivity contribution < 1.29 is 14.4 Å². The molecule has 0 radical (unpaired) electrons. The molecular formula is C21H29ClN4O3. The van der Waals surface area contributed by atoms with Gasteiger partial charge in [-0.2, -0.15) is 5.10 Å². The quantitative estimate of drug-likeness (QED) is 0.443. The van der Waals surface area contributed by atoms with Gasteiger partial charge in [-0.25, -0.2) is 5.43 Å². The Balaban J connectivity index is 1.99. The van der Waals surface area contributed by atoms with Crippen molar-refractivity contribution in [2.45, 2.75) is 52.0 Å². The number of primary amides is 1.